The smallest absolute Gasteiger partial charge is 0.00502 e. The van der Waals surface area contributed by atoms with E-state index < -0.39 is 0 Å². The summed E-state index contributed by atoms with van der Waals surface area (Å²) in [6, 6.07) is 0.595. The molecule has 18 heavy (non-hydrogen) atoms. The molecule has 0 unspecified atom stereocenters. The number of likely N-dealkylation sites (tertiary alicyclic amines) is 1. The number of hydrogen-bond acceptors (Lipinski definition) is 2. The first-order valence-electron chi connectivity index (χ1n) is 7.78. The van der Waals surface area contributed by atoms with Gasteiger partial charge < -0.3 is 10.2 Å². The minimum atomic E-state index is 0.463. The summed E-state index contributed by atoms with van der Waals surface area (Å²) in [5.41, 5.74) is 0.989. The van der Waals surface area contributed by atoms with Crippen molar-refractivity contribution < 1.29 is 0 Å². The van der Waals surface area contributed by atoms with Gasteiger partial charge in [0.15, 0.2) is 0 Å². The largest absolute Gasteiger partial charge is 0.314 e. The third kappa shape index (κ3) is 4.55. The van der Waals surface area contributed by atoms with Gasteiger partial charge in [0.05, 0.1) is 0 Å². The van der Waals surface area contributed by atoms with Gasteiger partial charge in [0.2, 0.25) is 0 Å². The summed E-state index contributed by atoms with van der Waals surface area (Å²) in [6.07, 6.45) is 3.91. The van der Waals surface area contributed by atoms with Gasteiger partial charge in [-0.15, -0.1) is 0 Å². The van der Waals surface area contributed by atoms with E-state index in [0.29, 0.717) is 16.9 Å². The number of nitrogens with zero attached hydrogens (tertiary/aromatic N) is 1. The molecule has 1 saturated heterocycles. The van der Waals surface area contributed by atoms with Crippen LogP contribution in [0.2, 0.25) is 0 Å². The van der Waals surface area contributed by atoms with Crippen molar-refractivity contribution in [3.8, 4) is 0 Å². The van der Waals surface area contributed by atoms with Crippen LogP contribution in [0.5, 0.6) is 0 Å². The first-order chi connectivity index (χ1) is 8.32. The average Bonchev–Trinajstić information content (AvgIpc) is 2.64. The molecule has 0 aromatic heterocycles. The van der Waals surface area contributed by atoms with Crippen molar-refractivity contribution in [2.75, 3.05) is 26.2 Å². The monoisotopic (exact) mass is 254 g/mol. The number of nitrogens with one attached hydrogen (secondary N) is 1. The minimum absolute atomic E-state index is 0.463. The van der Waals surface area contributed by atoms with E-state index in [9.17, 15) is 0 Å². The molecule has 0 amide bonds. The maximum absolute atomic E-state index is 3.66. The summed E-state index contributed by atoms with van der Waals surface area (Å²) in [5, 5.41) is 3.66. The zero-order valence-corrected chi connectivity index (χ0v) is 13.5. The van der Waals surface area contributed by atoms with Gasteiger partial charge in [0.25, 0.3) is 0 Å². The van der Waals surface area contributed by atoms with Crippen LogP contribution in [0.4, 0.5) is 0 Å². The van der Waals surface area contributed by atoms with Crippen LogP contribution in [-0.4, -0.2) is 37.1 Å². The van der Waals surface area contributed by atoms with Crippen LogP contribution < -0.4 is 5.32 Å². The highest BCUT2D eigenvalue weighted by molar-refractivity contribution is 4.89. The Bertz CT molecular complexity index is 241. The SMILES string of the molecule is CCC(CC)(CNC(C)C)CN1CCC(C)(C)C1. The molecule has 0 aliphatic carbocycles. The van der Waals surface area contributed by atoms with Gasteiger partial charge in [-0.3, -0.25) is 0 Å². The summed E-state index contributed by atoms with van der Waals surface area (Å²) in [4.78, 5) is 2.69. The van der Waals surface area contributed by atoms with Crippen molar-refractivity contribution >= 4 is 0 Å². The van der Waals surface area contributed by atoms with Crippen molar-refractivity contribution in [1.29, 1.82) is 0 Å². The standard InChI is InChI=1S/C16H34N2/c1-7-16(8-2,11-17-14(3)4)13-18-10-9-15(5,6)12-18/h14,17H,7-13H2,1-6H3. The third-order valence-corrected chi connectivity index (χ3v) is 4.70. The van der Waals surface area contributed by atoms with Gasteiger partial charge in [-0.05, 0) is 36.6 Å². The second kappa shape index (κ2) is 6.38. The third-order valence-electron chi connectivity index (χ3n) is 4.70. The molecule has 2 heteroatoms. The lowest BCUT2D eigenvalue weighted by Gasteiger charge is -2.37. The zero-order valence-electron chi connectivity index (χ0n) is 13.5. The Balaban J connectivity index is 2.56. The Morgan fingerprint density at radius 2 is 1.83 bits per heavy atom. The van der Waals surface area contributed by atoms with Gasteiger partial charge in [-0.25, -0.2) is 0 Å². The summed E-state index contributed by atoms with van der Waals surface area (Å²) in [5.74, 6) is 0. The lowest BCUT2D eigenvalue weighted by atomic mass is 9.81. The van der Waals surface area contributed by atoms with Crippen LogP contribution in [0.3, 0.4) is 0 Å². The minimum Gasteiger partial charge on any atom is -0.314 e. The van der Waals surface area contributed by atoms with E-state index in [1.54, 1.807) is 0 Å². The highest BCUT2D eigenvalue weighted by Crippen LogP contribution is 2.34. The Morgan fingerprint density at radius 1 is 1.22 bits per heavy atom. The highest BCUT2D eigenvalue weighted by atomic mass is 15.2. The van der Waals surface area contributed by atoms with Gasteiger partial charge in [0.1, 0.15) is 0 Å². The van der Waals surface area contributed by atoms with Crippen molar-refractivity contribution in [3.63, 3.8) is 0 Å². The molecule has 1 heterocycles. The molecule has 0 atom stereocenters. The predicted molar refractivity (Wildman–Crippen MR) is 81.0 cm³/mol. The maximum atomic E-state index is 3.66. The Morgan fingerprint density at radius 3 is 2.22 bits per heavy atom. The molecule has 2 nitrogen and oxygen atoms in total. The topological polar surface area (TPSA) is 15.3 Å². The molecule has 0 radical (unpaired) electrons. The van der Waals surface area contributed by atoms with Gasteiger partial charge in [-0.2, -0.15) is 0 Å². The van der Waals surface area contributed by atoms with E-state index in [2.05, 4.69) is 51.8 Å². The second-order valence-corrected chi connectivity index (χ2v) is 7.37. The van der Waals surface area contributed by atoms with Gasteiger partial charge in [-0.1, -0.05) is 41.5 Å². The van der Waals surface area contributed by atoms with E-state index in [1.165, 1.54) is 38.9 Å². The van der Waals surface area contributed by atoms with Crippen molar-refractivity contribution in [3.05, 3.63) is 0 Å². The number of hydrogen-bond donors (Lipinski definition) is 1. The molecule has 0 aromatic carbocycles. The highest BCUT2D eigenvalue weighted by Gasteiger charge is 2.35. The lowest BCUT2D eigenvalue weighted by Crippen LogP contribution is -2.44. The molecule has 0 bridgehead atoms. The van der Waals surface area contributed by atoms with Crippen LogP contribution in [0.15, 0.2) is 0 Å². The summed E-state index contributed by atoms with van der Waals surface area (Å²) in [6.45, 7) is 19.0. The Hall–Kier alpha value is -0.0800. The summed E-state index contributed by atoms with van der Waals surface area (Å²) in [7, 11) is 0. The predicted octanol–water partition coefficient (Wildman–Crippen LogP) is 3.52. The molecule has 1 aliphatic heterocycles. The van der Waals surface area contributed by atoms with E-state index in [4.69, 9.17) is 0 Å². The van der Waals surface area contributed by atoms with E-state index in [-0.39, 0.29) is 0 Å². The van der Waals surface area contributed by atoms with Crippen LogP contribution in [-0.2, 0) is 0 Å². The average molecular weight is 254 g/mol. The molecule has 0 aromatic rings. The maximum Gasteiger partial charge on any atom is 0.00502 e. The fourth-order valence-corrected chi connectivity index (χ4v) is 3.03. The first-order valence-corrected chi connectivity index (χ1v) is 7.78. The quantitative estimate of drug-likeness (QED) is 0.748. The first kappa shape index (κ1) is 16.0. The van der Waals surface area contributed by atoms with Crippen molar-refractivity contribution in [1.82, 2.24) is 10.2 Å². The molecular weight excluding hydrogens is 220 g/mol. The van der Waals surface area contributed by atoms with Crippen LogP contribution >= 0.6 is 0 Å². The van der Waals surface area contributed by atoms with Crippen LogP contribution in [0.25, 0.3) is 0 Å². The molecule has 1 rings (SSSR count). The molecular formula is C16H34N2. The fourth-order valence-electron chi connectivity index (χ4n) is 3.03. The fraction of sp³-hybridized carbons (Fsp3) is 1.00. The molecule has 1 N–H and O–H groups in total. The van der Waals surface area contributed by atoms with Gasteiger partial charge in [0, 0.05) is 25.7 Å². The van der Waals surface area contributed by atoms with Crippen molar-refractivity contribution in [2.45, 2.75) is 66.8 Å². The van der Waals surface area contributed by atoms with Crippen LogP contribution in [0.1, 0.15) is 60.8 Å². The molecule has 0 spiro atoms. The lowest BCUT2D eigenvalue weighted by molar-refractivity contribution is 0.143. The molecule has 1 fully saturated rings. The van der Waals surface area contributed by atoms with Gasteiger partial charge >= 0.3 is 0 Å². The van der Waals surface area contributed by atoms with Crippen molar-refractivity contribution in [2.24, 2.45) is 10.8 Å². The summed E-state index contributed by atoms with van der Waals surface area (Å²) >= 11 is 0. The van der Waals surface area contributed by atoms with E-state index in [1.807, 2.05) is 0 Å². The normalized spacial score (nSPS) is 20.8. The van der Waals surface area contributed by atoms with E-state index in [0.717, 1.165) is 6.54 Å². The zero-order chi connectivity index (χ0) is 13.8. The molecule has 1 aliphatic rings. The Labute approximate surface area is 115 Å². The molecule has 108 valence electrons. The second-order valence-electron chi connectivity index (χ2n) is 7.37. The Kier molecular flexibility index (Phi) is 5.67. The van der Waals surface area contributed by atoms with Crippen LogP contribution in [0, 0.1) is 10.8 Å². The molecule has 0 saturated carbocycles. The van der Waals surface area contributed by atoms with E-state index >= 15 is 0 Å². The number of rotatable bonds is 7. The summed E-state index contributed by atoms with van der Waals surface area (Å²) < 4.78 is 0.